The Kier molecular flexibility index (Phi) is 6.37. The van der Waals surface area contributed by atoms with Crippen molar-refractivity contribution in [2.75, 3.05) is 19.6 Å². The van der Waals surface area contributed by atoms with Gasteiger partial charge in [0, 0.05) is 26.6 Å². The molecular formula is C11H20IN5O. The average molecular weight is 365 g/mol. The molecule has 18 heavy (non-hydrogen) atoms. The number of aryl methyl sites for hydroxylation is 1. The summed E-state index contributed by atoms with van der Waals surface area (Å²) < 4.78 is 4.92. The van der Waals surface area contributed by atoms with E-state index in [1.807, 2.05) is 0 Å². The van der Waals surface area contributed by atoms with E-state index in [2.05, 4.69) is 32.3 Å². The average Bonchev–Trinajstić information content (AvgIpc) is 2.95. The number of aliphatic imine (C=N–C) groups is 1. The largest absolute Gasteiger partial charge is 0.357 e. The number of hydrogen-bond acceptors (Lipinski definition) is 4. The van der Waals surface area contributed by atoms with Crippen molar-refractivity contribution in [2.45, 2.75) is 33.2 Å². The molecule has 1 fully saturated rings. The summed E-state index contributed by atoms with van der Waals surface area (Å²) in [4.78, 5) is 10.9. The van der Waals surface area contributed by atoms with Crippen LogP contribution in [0.1, 0.15) is 31.5 Å². The Hall–Kier alpha value is -0.860. The summed E-state index contributed by atoms with van der Waals surface area (Å²) in [6, 6.07) is 0. The minimum atomic E-state index is 0. The van der Waals surface area contributed by atoms with Crippen LogP contribution in [-0.2, 0) is 6.54 Å². The summed E-state index contributed by atoms with van der Waals surface area (Å²) in [5, 5.41) is 7.13. The van der Waals surface area contributed by atoms with Gasteiger partial charge in [0.05, 0.1) is 0 Å². The van der Waals surface area contributed by atoms with Crippen LogP contribution in [0.3, 0.4) is 0 Å². The van der Waals surface area contributed by atoms with Gasteiger partial charge in [-0.2, -0.15) is 4.98 Å². The van der Waals surface area contributed by atoms with Crippen LogP contribution in [-0.4, -0.2) is 40.6 Å². The Balaban J connectivity index is 0.00000162. The minimum absolute atomic E-state index is 0. The number of nitrogens with one attached hydrogen (secondary N) is 1. The summed E-state index contributed by atoms with van der Waals surface area (Å²) in [5.41, 5.74) is 0. The monoisotopic (exact) mass is 365 g/mol. The molecule has 1 N–H and O–H groups in total. The first-order valence-corrected chi connectivity index (χ1v) is 6.12. The molecule has 0 bridgehead atoms. The predicted molar refractivity (Wildman–Crippen MR) is 80.1 cm³/mol. The van der Waals surface area contributed by atoms with E-state index in [-0.39, 0.29) is 24.0 Å². The van der Waals surface area contributed by atoms with Gasteiger partial charge < -0.3 is 14.7 Å². The van der Waals surface area contributed by atoms with Crippen LogP contribution in [0.15, 0.2) is 9.52 Å². The quantitative estimate of drug-likeness (QED) is 0.500. The van der Waals surface area contributed by atoms with Gasteiger partial charge in [-0.05, 0) is 19.8 Å². The van der Waals surface area contributed by atoms with Crippen molar-refractivity contribution in [1.82, 2.24) is 20.4 Å². The molecule has 1 aliphatic heterocycles. The minimum Gasteiger partial charge on any atom is -0.357 e. The van der Waals surface area contributed by atoms with Crippen molar-refractivity contribution in [2.24, 2.45) is 4.99 Å². The number of aromatic nitrogens is 2. The normalized spacial score (nSPS) is 15.7. The van der Waals surface area contributed by atoms with Crippen molar-refractivity contribution in [1.29, 1.82) is 0 Å². The molecule has 0 amide bonds. The number of nitrogens with zero attached hydrogens (tertiary/aromatic N) is 4. The highest BCUT2D eigenvalue weighted by molar-refractivity contribution is 14.0. The Morgan fingerprint density at radius 1 is 1.44 bits per heavy atom. The molecule has 0 aliphatic carbocycles. The molecular weight excluding hydrogens is 345 g/mol. The van der Waals surface area contributed by atoms with E-state index in [4.69, 9.17) is 4.52 Å². The molecule has 2 heterocycles. The Morgan fingerprint density at radius 2 is 2.17 bits per heavy atom. The lowest BCUT2D eigenvalue weighted by molar-refractivity contribution is 0.387. The Labute approximate surface area is 124 Å². The van der Waals surface area contributed by atoms with Crippen molar-refractivity contribution < 1.29 is 4.52 Å². The molecule has 6 nitrogen and oxygen atoms in total. The smallest absolute Gasteiger partial charge is 0.223 e. The van der Waals surface area contributed by atoms with Gasteiger partial charge in [-0.1, -0.05) is 5.16 Å². The maximum Gasteiger partial charge on any atom is 0.223 e. The van der Waals surface area contributed by atoms with Crippen LogP contribution in [0.2, 0.25) is 0 Å². The molecule has 2 rings (SSSR count). The van der Waals surface area contributed by atoms with Gasteiger partial charge >= 0.3 is 0 Å². The van der Waals surface area contributed by atoms with E-state index in [0.717, 1.165) is 25.6 Å². The SMILES string of the molecule is CCNC(=NCc1noc(C)n1)N1CCCC1.I. The molecule has 1 saturated heterocycles. The van der Waals surface area contributed by atoms with Gasteiger partial charge in [0.1, 0.15) is 6.54 Å². The van der Waals surface area contributed by atoms with E-state index in [0.29, 0.717) is 18.3 Å². The van der Waals surface area contributed by atoms with E-state index in [1.54, 1.807) is 6.92 Å². The molecule has 1 aromatic rings. The highest BCUT2D eigenvalue weighted by Crippen LogP contribution is 2.08. The van der Waals surface area contributed by atoms with Gasteiger partial charge in [0.15, 0.2) is 11.8 Å². The third-order valence-corrected chi connectivity index (χ3v) is 2.68. The molecule has 102 valence electrons. The van der Waals surface area contributed by atoms with Crippen molar-refractivity contribution in [3.05, 3.63) is 11.7 Å². The fourth-order valence-electron chi connectivity index (χ4n) is 1.91. The number of hydrogen-bond donors (Lipinski definition) is 1. The standard InChI is InChI=1S/C11H19N5O.HI/c1-3-12-11(16-6-4-5-7-16)13-8-10-14-9(2)17-15-10;/h3-8H2,1-2H3,(H,12,13);1H. The third-order valence-electron chi connectivity index (χ3n) is 2.68. The number of guanidine groups is 1. The number of rotatable bonds is 3. The molecule has 0 aromatic carbocycles. The zero-order valence-corrected chi connectivity index (χ0v) is 13.2. The Morgan fingerprint density at radius 3 is 2.72 bits per heavy atom. The first kappa shape index (κ1) is 15.2. The van der Waals surface area contributed by atoms with E-state index in [9.17, 15) is 0 Å². The van der Waals surface area contributed by atoms with Crippen molar-refractivity contribution in [3.63, 3.8) is 0 Å². The van der Waals surface area contributed by atoms with Gasteiger partial charge in [0.2, 0.25) is 5.89 Å². The topological polar surface area (TPSA) is 66.5 Å². The van der Waals surface area contributed by atoms with Gasteiger partial charge in [-0.25, -0.2) is 4.99 Å². The molecule has 1 aliphatic rings. The molecule has 0 radical (unpaired) electrons. The Bertz CT molecular complexity index is 387. The van der Waals surface area contributed by atoms with E-state index in [1.165, 1.54) is 12.8 Å². The third kappa shape index (κ3) is 4.11. The molecule has 1 aromatic heterocycles. The zero-order chi connectivity index (χ0) is 12.1. The van der Waals surface area contributed by atoms with Crippen LogP contribution in [0.4, 0.5) is 0 Å². The van der Waals surface area contributed by atoms with Crippen LogP contribution >= 0.6 is 24.0 Å². The summed E-state index contributed by atoms with van der Waals surface area (Å²) in [7, 11) is 0. The van der Waals surface area contributed by atoms with E-state index < -0.39 is 0 Å². The van der Waals surface area contributed by atoms with Crippen LogP contribution in [0.25, 0.3) is 0 Å². The lowest BCUT2D eigenvalue weighted by atomic mass is 10.4. The molecule has 0 unspecified atom stereocenters. The van der Waals surface area contributed by atoms with Crippen LogP contribution in [0.5, 0.6) is 0 Å². The molecule has 0 atom stereocenters. The maximum absolute atomic E-state index is 4.92. The van der Waals surface area contributed by atoms with Crippen molar-refractivity contribution >= 4 is 29.9 Å². The number of likely N-dealkylation sites (tertiary alicyclic amines) is 1. The lowest BCUT2D eigenvalue weighted by Gasteiger charge is -2.20. The van der Waals surface area contributed by atoms with Gasteiger partial charge in [-0.3, -0.25) is 0 Å². The highest BCUT2D eigenvalue weighted by Gasteiger charge is 2.15. The second kappa shape index (κ2) is 7.55. The zero-order valence-electron chi connectivity index (χ0n) is 10.8. The van der Waals surface area contributed by atoms with Crippen LogP contribution in [0, 0.1) is 6.92 Å². The van der Waals surface area contributed by atoms with Gasteiger partial charge in [-0.15, -0.1) is 24.0 Å². The summed E-state index contributed by atoms with van der Waals surface area (Å²) in [5.74, 6) is 2.17. The summed E-state index contributed by atoms with van der Waals surface area (Å²) >= 11 is 0. The lowest BCUT2D eigenvalue weighted by Crippen LogP contribution is -2.39. The molecule has 7 heteroatoms. The molecule has 0 saturated carbocycles. The fraction of sp³-hybridized carbons (Fsp3) is 0.727. The van der Waals surface area contributed by atoms with Gasteiger partial charge in [0.25, 0.3) is 0 Å². The first-order chi connectivity index (χ1) is 8.29. The van der Waals surface area contributed by atoms with Crippen LogP contribution < -0.4 is 5.32 Å². The highest BCUT2D eigenvalue weighted by atomic mass is 127. The first-order valence-electron chi connectivity index (χ1n) is 6.12. The maximum atomic E-state index is 4.92. The van der Waals surface area contributed by atoms with E-state index >= 15 is 0 Å². The van der Waals surface area contributed by atoms with Crippen molar-refractivity contribution in [3.8, 4) is 0 Å². The summed E-state index contributed by atoms with van der Waals surface area (Å²) in [6.07, 6.45) is 2.48. The summed E-state index contributed by atoms with van der Waals surface area (Å²) in [6.45, 7) is 7.36. The fourth-order valence-corrected chi connectivity index (χ4v) is 1.91. The predicted octanol–water partition coefficient (Wildman–Crippen LogP) is 1.56. The molecule has 0 spiro atoms. The second-order valence-electron chi connectivity index (χ2n) is 4.09. The number of halogens is 1. The second-order valence-corrected chi connectivity index (χ2v) is 4.09.